The summed E-state index contributed by atoms with van der Waals surface area (Å²) >= 11 is 1.27. The van der Waals surface area contributed by atoms with E-state index < -0.39 is 11.9 Å². The van der Waals surface area contributed by atoms with Crippen LogP contribution in [0.25, 0.3) is 10.6 Å². The van der Waals surface area contributed by atoms with E-state index >= 15 is 0 Å². The molecule has 5 rings (SSSR count). The van der Waals surface area contributed by atoms with Crippen LogP contribution in [0.15, 0.2) is 78.9 Å². The molecule has 8 nitrogen and oxygen atoms in total. The fourth-order valence-corrected chi connectivity index (χ4v) is 4.25. The van der Waals surface area contributed by atoms with Crippen molar-refractivity contribution in [2.75, 3.05) is 12.1 Å². The van der Waals surface area contributed by atoms with Crippen molar-refractivity contribution in [3.8, 4) is 22.1 Å². The van der Waals surface area contributed by atoms with Crippen molar-refractivity contribution >= 4 is 28.3 Å². The van der Waals surface area contributed by atoms with E-state index in [-0.39, 0.29) is 12.7 Å². The van der Waals surface area contributed by atoms with Crippen LogP contribution in [0.4, 0.5) is 5.13 Å². The molecule has 1 aliphatic rings. The van der Waals surface area contributed by atoms with E-state index in [9.17, 15) is 9.59 Å². The number of fused-ring (bicyclic) bond motifs is 1. The molecule has 170 valence electrons. The first-order valence-corrected chi connectivity index (χ1v) is 11.4. The summed E-state index contributed by atoms with van der Waals surface area (Å²) in [5, 5.41) is 15.0. The van der Waals surface area contributed by atoms with Crippen molar-refractivity contribution in [3.05, 3.63) is 90.0 Å². The van der Waals surface area contributed by atoms with Crippen LogP contribution >= 0.6 is 11.3 Å². The van der Waals surface area contributed by atoms with Crippen molar-refractivity contribution in [3.63, 3.8) is 0 Å². The minimum atomic E-state index is -0.829. The molecular formula is C25H20N4O4S. The first-order valence-electron chi connectivity index (χ1n) is 10.6. The van der Waals surface area contributed by atoms with Gasteiger partial charge in [0.25, 0.3) is 5.91 Å². The zero-order chi connectivity index (χ0) is 23.3. The Morgan fingerprint density at radius 3 is 2.44 bits per heavy atom. The van der Waals surface area contributed by atoms with Crippen molar-refractivity contribution < 1.29 is 19.1 Å². The highest BCUT2D eigenvalue weighted by atomic mass is 32.1. The summed E-state index contributed by atoms with van der Waals surface area (Å²) in [6.07, 6.45) is 0.313. The van der Waals surface area contributed by atoms with E-state index in [4.69, 9.17) is 9.47 Å². The number of amides is 2. The average Bonchev–Trinajstić information content (AvgIpc) is 3.54. The highest BCUT2D eigenvalue weighted by Crippen LogP contribution is 2.32. The summed E-state index contributed by atoms with van der Waals surface area (Å²) in [5.41, 5.74) is 2.20. The van der Waals surface area contributed by atoms with E-state index in [1.807, 2.05) is 60.7 Å². The van der Waals surface area contributed by atoms with Gasteiger partial charge in [0.1, 0.15) is 11.0 Å². The monoisotopic (exact) mass is 472 g/mol. The van der Waals surface area contributed by atoms with Gasteiger partial charge in [-0.3, -0.25) is 14.9 Å². The first-order chi connectivity index (χ1) is 16.7. The van der Waals surface area contributed by atoms with E-state index in [1.165, 1.54) is 11.3 Å². The summed E-state index contributed by atoms with van der Waals surface area (Å²) in [5.74, 6) is 0.310. The zero-order valence-corrected chi connectivity index (χ0v) is 18.7. The number of benzene rings is 3. The quantitative estimate of drug-likeness (QED) is 0.423. The number of anilines is 1. The summed E-state index contributed by atoms with van der Waals surface area (Å²) in [7, 11) is 0. The molecule has 3 aromatic carbocycles. The number of carbonyl (C=O) groups excluding carboxylic acids is 2. The Hall–Kier alpha value is -4.24. The van der Waals surface area contributed by atoms with Crippen molar-refractivity contribution in [2.45, 2.75) is 12.5 Å². The van der Waals surface area contributed by atoms with Gasteiger partial charge in [-0.2, -0.15) is 0 Å². The number of hydrogen-bond acceptors (Lipinski definition) is 7. The topological polar surface area (TPSA) is 102 Å². The maximum Gasteiger partial charge on any atom is 0.252 e. The Morgan fingerprint density at radius 2 is 1.65 bits per heavy atom. The molecular weight excluding hydrogens is 452 g/mol. The van der Waals surface area contributed by atoms with Crippen LogP contribution in [-0.4, -0.2) is 34.8 Å². The number of ether oxygens (including phenoxy) is 2. The lowest BCUT2D eigenvalue weighted by atomic mass is 10.0. The molecule has 0 bridgehead atoms. The largest absolute Gasteiger partial charge is 0.454 e. The molecule has 4 aromatic rings. The van der Waals surface area contributed by atoms with Crippen LogP contribution in [-0.2, 0) is 11.2 Å². The summed E-state index contributed by atoms with van der Waals surface area (Å²) in [6, 6.07) is 23.2. The van der Waals surface area contributed by atoms with Gasteiger partial charge in [0.15, 0.2) is 11.5 Å². The minimum Gasteiger partial charge on any atom is -0.454 e. The van der Waals surface area contributed by atoms with Gasteiger partial charge in [-0.05, 0) is 23.8 Å². The molecule has 2 amide bonds. The molecule has 0 saturated carbocycles. The van der Waals surface area contributed by atoms with Crippen LogP contribution in [0.1, 0.15) is 15.9 Å². The van der Waals surface area contributed by atoms with Crippen LogP contribution in [0.5, 0.6) is 11.5 Å². The zero-order valence-electron chi connectivity index (χ0n) is 17.9. The second kappa shape index (κ2) is 9.72. The van der Waals surface area contributed by atoms with E-state index in [0.29, 0.717) is 33.6 Å². The molecule has 0 aliphatic carbocycles. The molecule has 0 radical (unpaired) electrons. The lowest BCUT2D eigenvalue weighted by molar-refractivity contribution is -0.118. The Labute approximate surface area is 199 Å². The SMILES string of the molecule is O=C(NC(Cc1ccccc1)C(=O)Nc1nnc(-c2ccccc2)s1)c1ccc2c(c1)OCO2. The summed E-state index contributed by atoms with van der Waals surface area (Å²) in [4.78, 5) is 26.2. The Morgan fingerprint density at radius 1 is 0.912 bits per heavy atom. The first kappa shape index (κ1) is 21.6. The predicted molar refractivity (Wildman–Crippen MR) is 128 cm³/mol. The van der Waals surface area contributed by atoms with Crippen molar-refractivity contribution in [1.29, 1.82) is 0 Å². The number of nitrogens with one attached hydrogen (secondary N) is 2. The Kier molecular flexibility index (Phi) is 6.17. The molecule has 9 heteroatoms. The molecule has 0 saturated heterocycles. The lowest BCUT2D eigenvalue weighted by Crippen LogP contribution is -2.45. The van der Waals surface area contributed by atoms with Gasteiger partial charge in [0.05, 0.1) is 0 Å². The third-order valence-corrected chi connectivity index (χ3v) is 6.10. The van der Waals surface area contributed by atoms with E-state index in [0.717, 1.165) is 11.1 Å². The molecule has 1 unspecified atom stereocenters. The molecule has 0 fully saturated rings. The molecule has 2 heterocycles. The Balaban J connectivity index is 1.33. The third kappa shape index (κ3) is 4.89. The predicted octanol–water partition coefficient (Wildman–Crippen LogP) is 3.91. The van der Waals surface area contributed by atoms with Gasteiger partial charge in [-0.25, -0.2) is 0 Å². The van der Waals surface area contributed by atoms with Gasteiger partial charge < -0.3 is 14.8 Å². The maximum atomic E-state index is 13.2. The fourth-order valence-electron chi connectivity index (χ4n) is 3.50. The van der Waals surface area contributed by atoms with Gasteiger partial charge in [-0.1, -0.05) is 72.0 Å². The third-order valence-electron chi connectivity index (χ3n) is 5.22. The van der Waals surface area contributed by atoms with Crippen LogP contribution < -0.4 is 20.1 Å². The maximum absolute atomic E-state index is 13.2. The smallest absolute Gasteiger partial charge is 0.252 e. The van der Waals surface area contributed by atoms with Crippen molar-refractivity contribution in [1.82, 2.24) is 15.5 Å². The van der Waals surface area contributed by atoms with E-state index in [1.54, 1.807) is 18.2 Å². The molecule has 34 heavy (non-hydrogen) atoms. The van der Waals surface area contributed by atoms with Crippen LogP contribution in [0.3, 0.4) is 0 Å². The van der Waals surface area contributed by atoms with Gasteiger partial charge in [0.2, 0.25) is 17.8 Å². The summed E-state index contributed by atoms with van der Waals surface area (Å²) in [6.45, 7) is 0.117. The van der Waals surface area contributed by atoms with Crippen molar-refractivity contribution in [2.24, 2.45) is 0 Å². The molecule has 1 aromatic heterocycles. The highest BCUT2D eigenvalue weighted by molar-refractivity contribution is 7.18. The van der Waals surface area contributed by atoms with Gasteiger partial charge >= 0.3 is 0 Å². The number of carbonyl (C=O) groups is 2. The second-order valence-electron chi connectivity index (χ2n) is 7.55. The highest BCUT2D eigenvalue weighted by Gasteiger charge is 2.24. The molecule has 1 atom stereocenters. The van der Waals surface area contributed by atoms with Crippen LogP contribution in [0.2, 0.25) is 0 Å². The normalized spacial score (nSPS) is 12.7. The standard InChI is InChI=1S/C25H20N4O4S/c30-22(18-11-12-20-21(14-18)33-15-32-20)26-19(13-16-7-3-1-4-8-16)23(31)27-25-29-28-24(34-25)17-9-5-2-6-10-17/h1-12,14,19H,13,15H2,(H,26,30)(H,27,29,31). The average molecular weight is 473 g/mol. The number of rotatable bonds is 7. The molecule has 1 aliphatic heterocycles. The van der Waals surface area contributed by atoms with Gasteiger partial charge in [-0.15, -0.1) is 10.2 Å². The number of hydrogen-bond donors (Lipinski definition) is 2. The Bertz CT molecular complexity index is 1310. The molecule has 2 N–H and O–H groups in total. The van der Waals surface area contributed by atoms with E-state index in [2.05, 4.69) is 20.8 Å². The minimum absolute atomic E-state index is 0.117. The lowest BCUT2D eigenvalue weighted by Gasteiger charge is -2.18. The second-order valence-corrected chi connectivity index (χ2v) is 8.53. The fraction of sp³-hybridized carbons (Fsp3) is 0.120. The summed E-state index contributed by atoms with van der Waals surface area (Å²) < 4.78 is 10.7. The van der Waals surface area contributed by atoms with Gasteiger partial charge in [0, 0.05) is 17.5 Å². The number of aromatic nitrogens is 2. The molecule has 0 spiro atoms. The number of nitrogens with zero attached hydrogens (tertiary/aromatic N) is 2. The van der Waals surface area contributed by atoms with Crippen LogP contribution in [0, 0.1) is 0 Å².